The number of aldehydes is 1. The molecule has 19 heavy (non-hydrogen) atoms. The van der Waals surface area contributed by atoms with Crippen molar-refractivity contribution in [1.29, 1.82) is 0 Å². The average Bonchev–Trinajstić information content (AvgIpc) is 2.38. The normalized spacial score (nSPS) is 27.7. The lowest BCUT2D eigenvalue weighted by atomic mass is 9.82. The van der Waals surface area contributed by atoms with E-state index in [2.05, 4.69) is 4.90 Å². The average molecular weight is 261 g/mol. The summed E-state index contributed by atoms with van der Waals surface area (Å²) in [4.78, 5) is 13.8. The molecule has 1 aliphatic heterocycles. The predicted octanol–water partition coefficient (Wildman–Crippen LogP) is 1.99. The van der Waals surface area contributed by atoms with Crippen LogP contribution in [0.25, 0.3) is 0 Å². The van der Waals surface area contributed by atoms with Gasteiger partial charge in [-0.15, -0.1) is 0 Å². The van der Waals surface area contributed by atoms with E-state index in [-0.39, 0.29) is 0 Å². The standard InChI is InChI=1S/C16H23NO2/c1-15(13-18,14-7-4-3-5-8-14)11-17-10-6-9-16(2,19)12-17/h3-5,7-8,13,19H,6,9-12H2,1-2H3. The van der Waals surface area contributed by atoms with Gasteiger partial charge in [0.1, 0.15) is 6.29 Å². The van der Waals surface area contributed by atoms with Gasteiger partial charge < -0.3 is 9.90 Å². The fourth-order valence-electron chi connectivity index (χ4n) is 2.94. The number of β-amino-alcohol motifs (C(OH)–C–C–N with tert-alkyl or cyclic N) is 1. The van der Waals surface area contributed by atoms with Gasteiger partial charge in [-0.25, -0.2) is 0 Å². The van der Waals surface area contributed by atoms with Gasteiger partial charge in [-0.1, -0.05) is 30.3 Å². The van der Waals surface area contributed by atoms with Crippen LogP contribution in [0.15, 0.2) is 30.3 Å². The topological polar surface area (TPSA) is 40.5 Å². The van der Waals surface area contributed by atoms with Crippen LogP contribution in [-0.2, 0) is 10.2 Å². The molecule has 3 heteroatoms. The van der Waals surface area contributed by atoms with Gasteiger partial charge in [0.05, 0.1) is 11.0 Å². The molecule has 0 aliphatic carbocycles. The second-order valence-electron chi connectivity index (χ2n) is 6.21. The number of benzene rings is 1. The number of rotatable bonds is 4. The third-order valence-electron chi connectivity index (χ3n) is 4.00. The maximum absolute atomic E-state index is 11.6. The molecular formula is C16H23NO2. The van der Waals surface area contributed by atoms with Crippen molar-refractivity contribution >= 4 is 6.29 Å². The van der Waals surface area contributed by atoms with Crippen LogP contribution < -0.4 is 0 Å². The van der Waals surface area contributed by atoms with E-state index in [1.807, 2.05) is 44.2 Å². The lowest BCUT2D eigenvalue weighted by Gasteiger charge is -2.40. The Bertz CT molecular complexity index is 430. The van der Waals surface area contributed by atoms with Crippen molar-refractivity contribution < 1.29 is 9.90 Å². The van der Waals surface area contributed by atoms with E-state index >= 15 is 0 Å². The Labute approximate surface area is 115 Å². The van der Waals surface area contributed by atoms with Crippen molar-refractivity contribution in [3.05, 3.63) is 35.9 Å². The maximum atomic E-state index is 11.6. The maximum Gasteiger partial charge on any atom is 0.131 e. The molecule has 0 aromatic heterocycles. The van der Waals surface area contributed by atoms with Crippen LogP contribution in [0.5, 0.6) is 0 Å². The van der Waals surface area contributed by atoms with Crippen molar-refractivity contribution in [2.75, 3.05) is 19.6 Å². The van der Waals surface area contributed by atoms with Gasteiger partial charge in [-0.05, 0) is 38.8 Å². The largest absolute Gasteiger partial charge is 0.389 e. The summed E-state index contributed by atoms with van der Waals surface area (Å²) in [6.07, 6.45) is 2.86. The molecule has 3 nitrogen and oxygen atoms in total. The molecule has 0 spiro atoms. The smallest absolute Gasteiger partial charge is 0.131 e. The van der Waals surface area contributed by atoms with Crippen LogP contribution in [0.2, 0.25) is 0 Å². The number of hydrogen-bond donors (Lipinski definition) is 1. The molecule has 2 unspecified atom stereocenters. The van der Waals surface area contributed by atoms with E-state index in [1.165, 1.54) is 0 Å². The zero-order valence-corrected chi connectivity index (χ0v) is 11.8. The van der Waals surface area contributed by atoms with Crippen LogP contribution >= 0.6 is 0 Å². The molecule has 1 aliphatic rings. The zero-order valence-electron chi connectivity index (χ0n) is 11.8. The van der Waals surface area contributed by atoms with Gasteiger partial charge in [0.15, 0.2) is 0 Å². The first-order valence-corrected chi connectivity index (χ1v) is 6.92. The highest BCUT2D eigenvalue weighted by molar-refractivity contribution is 5.68. The lowest BCUT2D eigenvalue weighted by molar-refractivity contribution is -0.113. The summed E-state index contributed by atoms with van der Waals surface area (Å²) in [6.45, 7) is 6.10. The van der Waals surface area contributed by atoms with Crippen molar-refractivity contribution in [3.63, 3.8) is 0 Å². The summed E-state index contributed by atoms with van der Waals surface area (Å²) in [5, 5.41) is 10.2. The summed E-state index contributed by atoms with van der Waals surface area (Å²) in [5.41, 5.74) is -0.0943. The Morgan fingerprint density at radius 3 is 2.68 bits per heavy atom. The summed E-state index contributed by atoms with van der Waals surface area (Å²) < 4.78 is 0. The Hall–Kier alpha value is -1.19. The van der Waals surface area contributed by atoms with Crippen molar-refractivity contribution in [3.8, 4) is 0 Å². The van der Waals surface area contributed by atoms with E-state index in [0.717, 1.165) is 31.2 Å². The van der Waals surface area contributed by atoms with Crippen LogP contribution in [0.3, 0.4) is 0 Å². The fraction of sp³-hybridized carbons (Fsp3) is 0.562. The van der Waals surface area contributed by atoms with Gasteiger partial charge in [0, 0.05) is 13.1 Å². The summed E-state index contributed by atoms with van der Waals surface area (Å²) >= 11 is 0. The molecule has 1 aromatic carbocycles. The first-order chi connectivity index (χ1) is 8.95. The Kier molecular flexibility index (Phi) is 4.07. The molecule has 0 bridgehead atoms. The quantitative estimate of drug-likeness (QED) is 0.843. The second-order valence-corrected chi connectivity index (χ2v) is 6.21. The molecule has 2 rings (SSSR count). The van der Waals surface area contributed by atoms with Crippen LogP contribution in [0.1, 0.15) is 32.3 Å². The Morgan fingerprint density at radius 1 is 1.42 bits per heavy atom. The highest BCUT2D eigenvalue weighted by Crippen LogP contribution is 2.27. The molecule has 1 aromatic rings. The number of likely N-dealkylation sites (tertiary alicyclic amines) is 1. The minimum atomic E-state index is -0.626. The predicted molar refractivity (Wildman–Crippen MR) is 76.2 cm³/mol. The molecule has 0 amide bonds. The summed E-state index contributed by atoms with van der Waals surface area (Å²) in [6, 6.07) is 9.88. The lowest BCUT2D eigenvalue weighted by Crippen LogP contribution is -2.50. The van der Waals surface area contributed by atoms with E-state index in [9.17, 15) is 9.90 Å². The van der Waals surface area contributed by atoms with E-state index in [0.29, 0.717) is 13.1 Å². The highest BCUT2D eigenvalue weighted by atomic mass is 16.3. The number of piperidine rings is 1. The fourth-order valence-corrected chi connectivity index (χ4v) is 2.94. The van der Waals surface area contributed by atoms with Gasteiger partial charge in [0.2, 0.25) is 0 Å². The summed E-state index contributed by atoms with van der Waals surface area (Å²) in [5.74, 6) is 0. The van der Waals surface area contributed by atoms with E-state index < -0.39 is 11.0 Å². The van der Waals surface area contributed by atoms with Gasteiger partial charge in [-0.3, -0.25) is 4.90 Å². The van der Waals surface area contributed by atoms with Gasteiger partial charge in [0.25, 0.3) is 0 Å². The number of hydrogen-bond acceptors (Lipinski definition) is 3. The van der Waals surface area contributed by atoms with Crippen LogP contribution in [-0.4, -0.2) is 41.5 Å². The summed E-state index contributed by atoms with van der Waals surface area (Å²) in [7, 11) is 0. The third-order valence-corrected chi connectivity index (χ3v) is 4.00. The van der Waals surface area contributed by atoms with Crippen molar-refractivity contribution in [2.24, 2.45) is 0 Å². The number of carbonyl (C=O) groups is 1. The highest BCUT2D eigenvalue weighted by Gasteiger charge is 2.34. The molecule has 0 radical (unpaired) electrons. The first-order valence-electron chi connectivity index (χ1n) is 6.92. The molecule has 1 N–H and O–H groups in total. The SMILES string of the molecule is CC1(O)CCCN(CC(C)(C=O)c2ccccc2)C1. The Morgan fingerprint density at radius 2 is 2.11 bits per heavy atom. The van der Waals surface area contributed by atoms with Gasteiger partial charge in [-0.2, -0.15) is 0 Å². The van der Waals surface area contributed by atoms with Crippen LogP contribution in [0, 0.1) is 0 Å². The van der Waals surface area contributed by atoms with E-state index in [4.69, 9.17) is 0 Å². The molecular weight excluding hydrogens is 238 g/mol. The minimum Gasteiger partial charge on any atom is -0.389 e. The van der Waals surface area contributed by atoms with Gasteiger partial charge >= 0.3 is 0 Å². The number of nitrogens with zero attached hydrogens (tertiary/aromatic N) is 1. The monoisotopic (exact) mass is 261 g/mol. The first kappa shape index (κ1) is 14.2. The van der Waals surface area contributed by atoms with E-state index in [1.54, 1.807) is 0 Å². The molecule has 1 heterocycles. The molecule has 0 saturated carbocycles. The third kappa shape index (κ3) is 3.43. The zero-order chi connectivity index (χ0) is 13.9. The molecule has 1 fully saturated rings. The number of aliphatic hydroxyl groups is 1. The van der Waals surface area contributed by atoms with Crippen LogP contribution in [0.4, 0.5) is 0 Å². The molecule has 2 atom stereocenters. The molecule has 104 valence electrons. The second kappa shape index (κ2) is 5.43. The van der Waals surface area contributed by atoms with Crippen molar-refractivity contribution in [2.45, 2.75) is 37.7 Å². The number of carbonyl (C=O) groups excluding carboxylic acids is 1. The Balaban J connectivity index is 2.13. The van der Waals surface area contributed by atoms with Crippen molar-refractivity contribution in [1.82, 2.24) is 4.90 Å². The molecule has 1 saturated heterocycles. The minimum absolute atomic E-state index is 0.505.